The van der Waals surface area contributed by atoms with Crippen LogP contribution in [0.1, 0.15) is 30.3 Å². The molecule has 0 aliphatic carbocycles. The van der Waals surface area contributed by atoms with Gasteiger partial charge in [0.25, 0.3) is 0 Å². The average molecular weight is 741 g/mol. The first-order chi connectivity index (χ1) is 24.6. The third-order valence-corrected chi connectivity index (χ3v) is 9.77. The Morgan fingerprint density at radius 3 is 1.85 bits per heavy atom. The summed E-state index contributed by atoms with van der Waals surface area (Å²) in [5.74, 6) is -2.44. The van der Waals surface area contributed by atoms with Gasteiger partial charge in [0.2, 0.25) is 0 Å². The van der Waals surface area contributed by atoms with Gasteiger partial charge in [-0.3, -0.25) is 4.79 Å². The second kappa shape index (κ2) is 14.7. The van der Waals surface area contributed by atoms with Crippen molar-refractivity contribution in [2.45, 2.75) is 98.7 Å². The lowest BCUT2D eigenvalue weighted by molar-refractivity contribution is -0.338. The number of ether oxygens (including phenoxy) is 4. The molecule has 3 aliphatic heterocycles. The lowest BCUT2D eigenvalue weighted by Gasteiger charge is -2.46. The number of fused-ring (bicyclic) bond motifs is 1. The van der Waals surface area contributed by atoms with Crippen molar-refractivity contribution in [3.05, 3.63) is 51.7 Å². The van der Waals surface area contributed by atoms with Crippen molar-refractivity contribution in [2.24, 2.45) is 0 Å². The van der Waals surface area contributed by atoms with Crippen molar-refractivity contribution in [3.63, 3.8) is 0 Å². The van der Waals surface area contributed by atoms with Crippen LogP contribution in [0, 0.1) is 0 Å². The van der Waals surface area contributed by atoms with Crippen molar-refractivity contribution < 1.29 is 89.7 Å². The number of aliphatic hydroxyl groups excluding tert-OH is 10. The number of phenolic OH excluding ortho intramolecular Hbond substituents is 3. The van der Waals surface area contributed by atoms with E-state index in [1.807, 2.05) is 0 Å². The molecule has 3 aromatic rings. The number of aliphatic hydroxyl groups is 10. The molecule has 0 unspecified atom stereocenters. The summed E-state index contributed by atoms with van der Waals surface area (Å²) in [6, 6.07) is 6.25. The number of benzene rings is 2. The molecular weight excluding hydrogens is 700 g/mol. The Morgan fingerprint density at radius 1 is 0.654 bits per heavy atom. The summed E-state index contributed by atoms with van der Waals surface area (Å²) >= 11 is 0. The van der Waals surface area contributed by atoms with Gasteiger partial charge in [-0.05, 0) is 31.2 Å². The third kappa shape index (κ3) is 6.41. The molecule has 0 saturated carbocycles. The van der Waals surface area contributed by atoms with Gasteiger partial charge in [-0.25, -0.2) is 0 Å². The van der Waals surface area contributed by atoms with E-state index >= 15 is 0 Å². The molecule has 3 aliphatic rings. The molecule has 0 bridgehead atoms. The van der Waals surface area contributed by atoms with Gasteiger partial charge >= 0.3 is 0 Å². The van der Waals surface area contributed by atoms with Gasteiger partial charge in [-0.1, -0.05) is 0 Å². The van der Waals surface area contributed by atoms with Crippen LogP contribution in [-0.2, 0) is 18.9 Å². The molecule has 286 valence electrons. The molecule has 19 heteroatoms. The molecule has 13 N–H and O–H groups in total. The summed E-state index contributed by atoms with van der Waals surface area (Å²) in [6.45, 7) is -0.517. The SMILES string of the molecule is C[C@@H]1O[C@@H](O[C@@H]2[C@@H](O)[C@H](O)[C@@H](CO)O[C@H]2c2c(O)c([C@@H]3O[C@H](CO)[C@@H](O)[C@H](O)[C@H]3O)c3oc(-c4ccc(O)cc4)cc(=O)c3c2O)[C@H](O)[C@H](O)[C@H]1O. The molecule has 52 heavy (non-hydrogen) atoms. The Balaban J connectivity index is 1.59. The van der Waals surface area contributed by atoms with Crippen LogP contribution in [0.25, 0.3) is 22.3 Å². The quantitative estimate of drug-likeness (QED) is 0.112. The van der Waals surface area contributed by atoms with Crippen LogP contribution in [0.5, 0.6) is 17.2 Å². The highest BCUT2D eigenvalue weighted by Crippen LogP contribution is 2.51. The molecule has 0 amide bonds. The maximum atomic E-state index is 13.9. The minimum atomic E-state index is -2.09. The predicted octanol–water partition coefficient (Wildman–Crippen LogP) is -3.54. The normalized spacial score (nSPS) is 38.4. The minimum absolute atomic E-state index is 0.127. The van der Waals surface area contributed by atoms with Gasteiger partial charge in [0, 0.05) is 11.6 Å². The van der Waals surface area contributed by atoms with Gasteiger partial charge < -0.3 is 89.7 Å². The second-order valence-electron chi connectivity index (χ2n) is 13.0. The summed E-state index contributed by atoms with van der Waals surface area (Å²) in [7, 11) is 0. The van der Waals surface area contributed by atoms with E-state index in [0.717, 1.165) is 6.07 Å². The third-order valence-electron chi connectivity index (χ3n) is 9.77. The van der Waals surface area contributed by atoms with Gasteiger partial charge in [0.15, 0.2) is 17.3 Å². The fourth-order valence-corrected chi connectivity index (χ4v) is 6.80. The fraction of sp³-hybridized carbons (Fsp3) is 0.545. The van der Waals surface area contributed by atoms with E-state index in [0.29, 0.717) is 0 Å². The molecular formula is C33H40O19. The molecule has 6 rings (SSSR count). The van der Waals surface area contributed by atoms with E-state index in [1.54, 1.807) is 0 Å². The average Bonchev–Trinajstić information content (AvgIpc) is 3.12. The summed E-state index contributed by atoms with van der Waals surface area (Å²) in [6.07, 6.45) is -27.3. The predicted molar refractivity (Wildman–Crippen MR) is 170 cm³/mol. The zero-order chi connectivity index (χ0) is 37.9. The van der Waals surface area contributed by atoms with Crippen molar-refractivity contribution >= 4 is 11.0 Å². The smallest absolute Gasteiger partial charge is 0.197 e. The molecule has 0 radical (unpaired) electrons. The monoisotopic (exact) mass is 740 g/mol. The van der Waals surface area contributed by atoms with E-state index in [4.69, 9.17) is 23.4 Å². The first kappa shape index (κ1) is 38.2. The van der Waals surface area contributed by atoms with Crippen LogP contribution in [-0.4, -0.2) is 159 Å². The van der Waals surface area contributed by atoms with Gasteiger partial charge in [-0.2, -0.15) is 0 Å². The first-order valence-electron chi connectivity index (χ1n) is 16.2. The Morgan fingerprint density at radius 2 is 1.23 bits per heavy atom. The van der Waals surface area contributed by atoms with Crippen LogP contribution in [0.2, 0.25) is 0 Å². The maximum absolute atomic E-state index is 13.9. The highest BCUT2D eigenvalue weighted by molar-refractivity contribution is 5.92. The molecule has 3 fully saturated rings. The number of rotatable bonds is 7. The highest BCUT2D eigenvalue weighted by atomic mass is 16.7. The Kier molecular flexibility index (Phi) is 10.8. The van der Waals surface area contributed by atoms with Crippen LogP contribution in [0.4, 0.5) is 0 Å². The van der Waals surface area contributed by atoms with Crippen molar-refractivity contribution in [2.75, 3.05) is 13.2 Å². The number of phenols is 3. The molecule has 15 atom stereocenters. The van der Waals surface area contributed by atoms with E-state index in [9.17, 15) is 71.2 Å². The summed E-state index contributed by atoms with van der Waals surface area (Å²) < 4.78 is 28.8. The molecule has 1 aromatic heterocycles. The summed E-state index contributed by atoms with van der Waals surface area (Å²) in [4.78, 5) is 13.9. The Hall–Kier alpha value is -3.51. The van der Waals surface area contributed by atoms with Gasteiger partial charge in [0.05, 0.1) is 30.4 Å². The lowest BCUT2D eigenvalue weighted by Crippen LogP contribution is -2.61. The van der Waals surface area contributed by atoms with E-state index in [1.165, 1.54) is 31.2 Å². The largest absolute Gasteiger partial charge is 0.508 e. The molecule has 2 aromatic carbocycles. The maximum Gasteiger partial charge on any atom is 0.197 e. The second-order valence-corrected chi connectivity index (χ2v) is 13.0. The van der Waals surface area contributed by atoms with Crippen LogP contribution in [0.3, 0.4) is 0 Å². The van der Waals surface area contributed by atoms with Gasteiger partial charge in [0.1, 0.15) is 108 Å². The molecule has 3 saturated heterocycles. The standard InChI is InChI=1S/C33H40O19/c1-9-19(38)24(43)28(47)33(48-9)52-32-26(45)21(40)15(8-35)51-31(32)17-22(41)16-12(37)6-13(10-2-4-11(36)5-3-10)49-29(16)18(23(17)42)30-27(46)25(44)20(39)14(7-34)50-30/h2-6,9,14-15,19-21,24-28,30-36,38-47H,7-8H2,1H3/t9-,14+,15+,19-,20+,21+,24+,25-,26-,27+,28+,30-,31-,32+,33-/m0/s1. The zero-order valence-electron chi connectivity index (χ0n) is 27.2. The number of aromatic hydroxyl groups is 3. The van der Waals surface area contributed by atoms with E-state index in [-0.39, 0.29) is 17.1 Å². The zero-order valence-corrected chi connectivity index (χ0v) is 27.2. The first-order valence-corrected chi connectivity index (χ1v) is 16.2. The Bertz CT molecular complexity index is 1800. The highest BCUT2D eigenvalue weighted by Gasteiger charge is 2.53. The molecule has 19 nitrogen and oxygen atoms in total. The molecule has 4 heterocycles. The lowest BCUT2D eigenvalue weighted by atomic mass is 9.84. The van der Waals surface area contributed by atoms with Crippen LogP contribution in [0.15, 0.2) is 39.5 Å². The fourth-order valence-electron chi connectivity index (χ4n) is 6.80. The topological polar surface area (TPSA) is 330 Å². The number of hydrogen-bond donors (Lipinski definition) is 13. The molecule has 0 spiro atoms. The Labute approximate surface area is 292 Å². The summed E-state index contributed by atoms with van der Waals surface area (Å²) in [5, 5.41) is 138. The van der Waals surface area contributed by atoms with Crippen molar-refractivity contribution in [3.8, 4) is 28.6 Å². The van der Waals surface area contributed by atoms with Gasteiger partial charge in [-0.15, -0.1) is 0 Å². The van der Waals surface area contributed by atoms with E-state index in [2.05, 4.69) is 0 Å². The van der Waals surface area contributed by atoms with Crippen LogP contribution < -0.4 is 5.43 Å². The minimum Gasteiger partial charge on any atom is -0.508 e. The summed E-state index contributed by atoms with van der Waals surface area (Å²) in [5.41, 5.74) is -2.79. The van der Waals surface area contributed by atoms with E-state index < -0.39 is 144 Å². The van der Waals surface area contributed by atoms with Crippen molar-refractivity contribution in [1.82, 2.24) is 0 Å². The van der Waals surface area contributed by atoms with Crippen molar-refractivity contribution in [1.29, 1.82) is 0 Å². The number of hydrogen-bond acceptors (Lipinski definition) is 19. The van der Waals surface area contributed by atoms with Crippen LogP contribution >= 0.6 is 0 Å².